The van der Waals surface area contributed by atoms with Crippen molar-refractivity contribution in [2.75, 3.05) is 5.32 Å². The zero-order chi connectivity index (χ0) is 18.8. The van der Waals surface area contributed by atoms with Gasteiger partial charge >= 0.3 is 0 Å². The number of hydrogen-bond acceptors (Lipinski definition) is 4. The molecule has 0 aliphatic rings. The zero-order valence-corrected chi connectivity index (χ0v) is 15.5. The lowest BCUT2D eigenvalue weighted by molar-refractivity contribution is 0.613. The van der Waals surface area contributed by atoms with Crippen molar-refractivity contribution in [1.29, 1.82) is 0 Å². The summed E-state index contributed by atoms with van der Waals surface area (Å²) in [4.78, 5) is 16.0. The van der Waals surface area contributed by atoms with E-state index < -0.39 is 5.82 Å². The maximum Gasteiger partial charge on any atom is 0.222 e. The van der Waals surface area contributed by atoms with E-state index in [1.807, 2.05) is 12.3 Å². The summed E-state index contributed by atoms with van der Waals surface area (Å²) in [7, 11) is 0. The Hall–Kier alpha value is -2.70. The van der Waals surface area contributed by atoms with Crippen molar-refractivity contribution in [3.05, 3.63) is 81.6 Å². The molecular formula is C19H14Cl2FN5. The Balaban J connectivity index is 1.45. The molecule has 136 valence electrons. The number of aromatic amines is 1. The lowest BCUT2D eigenvalue weighted by Crippen LogP contribution is -2.05. The highest BCUT2D eigenvalue weighted by Gasteiger charge is 2.09. The number of benzene rings is 1. The molecule has 0 aliphatic carbocycles. The van der Waals surface area contributed by atoms with Gasteiger partial charge in [-0.3, -0.25) is 0 Å². The van der Waals surface area contributed by atoms with Gasteiger partial charge in [-0.25, -0.2) is 19.3 Å². The number of anilines is 1. The SMILES string of the molecule is Fc1c(Cl)cccc1CNc1ncc(Cc2c[nH]c3ncc(Cl)cc23)cn1. The van der Waals surface area contributed by atoms with E-state index in [1.165, 1.54) is 6.07 Å². The van der Waals surface area contributed by atoms with Crippen LogP contribution in [-0.4, -0.2) is 19.9 Å². The average molecular weight is 402 g/mol. The van der Waals surface area contributed by atoms with E-state index in [4.69, 9.17) is 23.2 Å². The maximum atomic E-state index is 13.9. The summed E-state index contributed by atoms with van der Waals surface area (Å²) in [5, 5.41) is 4.66. The van der Waals surface area contributed by atoms with Gasteiger partial charge in [0.15, 0.2) is 0 Å². The Bertz CT molecular complexity index is 1100. The minimum Gasteiger partial charge on any atom is -0.350 e. The van der Waals surface area contributed by atoms with Gasteiger partial charge in [-0.15, -0.1) is 0 Å². The highest BCUT2D eigenvalue weighted by molar-refractivity contribution is 6.31. The van der Waals surface area contributed by atoms with Crippen LogP contribution in [0.5, 0.6) is 0 Å². The number of aromatic nitrogens is 4. The number of fused-ring (bicyclic) bond motifs is 1. The van der Waals surface area contributed by atoms with Crippen molar-refractivity contribution in [1.82, 2.24) is 19.9 Å². The van der Waals surface area contributed by atoms with Crippen molar-refractivity contribution >= 4 is 40.2 Å². The molecule has 1 aromatic carbocycles. The largest absolute Gasteiger partial charge is 0.350 e. The molecule has 0 bridgehead atoms. The quantitative estimate of drug-likeness (QED) is 0.493. The number of halogens is 3. The number of rotatable bonds is 5. The van der Waals surface area contributed by atoms with Crippen LogP contribution in [0.3, 0.4) is 0 Å². The Kier molecular flexibility index (Phi) is 4.92. The molecule has 0 atom stereocenters. The van der Waals surface area contributed by atoms with E-state index in [0.29, 0.717) is 23.0 Å². The number of H-pyrrole nitrogens is 1. The fourth-order valence-electron chi connectivity index (χ4n) is 2.80. The third-order valence-electron chi connectivity index (χ3n) is 4.15. The standard InChI is InChI=1S/C19H14Cl2FN5/c20-14-5-15-13(9-23-18(15)24-10-14)4-11-6-25-19(26-7-11)27-8-12-2-1-3-16(21)17(12)22/h1-3,5-7,9-10H,4,8H2,(H,23,24)(H,25,26,27). The molecule has 4 aromatic rings. The summed E-state index contributed by atoms with van der Waals surface area (Å²) in [5.41, 5.74) is 3.25. The van der Waals surface area contributed by atoms with Gasteiger partial charge in [0.05, 0.1) is 10.0 Å². The highest BCUT2D eigenvalue weighted by atomic mass is 35.5. The molecule has 0 amide bonds. The van der Waals surface area contributed by atoms with Gasteiger partial charge in [0.1, 0.15) is 11.5 Å². The summed E-state index contributed by atoms with van der Waals surface area (Å²) >= 11 is 11.8. The van der Waals surface area contributed by atoms with Crippen LogP contribution in [0, 0.1) is 5.82 Å². The molecule has 2 N–H and O–H groups in total. The predicted molar refractivity (Wildman–Crippen MR) is 105 cm³/mol. The summed E-state index contributed by atoms with van der Waals surface area (Å²) in [5.74, 6) is -0.0170. The molecule has 8 heteroatoms. The van der Waals surface area contributed by atoms with E-state index in [2.05, 4.69) is 25.3 Å². The first-order valence-electron chi connectivity index (χ1n) is 8.19. The molecule has 0 fully saturated rings. The van der Waals surface area contributed by atoms with E-state index in [0.717, 1.165) is 22.2 Å². The first-order valence-corrected chi connectivity index (χ1v) is 8.95. The molecule has 0 saturated carbocycles. The summed E-state index contributed by atoms with van der Waals surface area (Å²) < 4.78 is 13.9. The third-order valence-corrected chi connectivity index (χ3v) is 4.65. The summed E-state index contributed by atoms with van der Waals surface area (Å²) in [6, 6.07) is 6.76. The van der Waals surface area contributed by atoms with Crippen LogP contribution in [0.15, 0.2) is 49.1 Å². The molecule has 5 nitrogen and oxygen atoms in total. The smallest absolute Gasteiger partial charge is 0.222 e. The van der Waals surface area contributed by atoms with Gasteiger partial charge < -0.3 is 10.3 Å². The highest BCUT2D eigenvalue weighted by Crippen LogP contribution is 2.22. The van der Waals surface area contributed by atoms with Gasteiger partial charge in [-0.1, -0.05) is 35.3 Å². The average Bonchev–Trinajstić information content (AvgIpc) is 3.06. The first-order chi connectivity index (χ1) is 13.1. The molecule has 4 rings (SSSR count). The second-order valence-electron chi connectivity index (χ2n) is 6.02. The van der Waals surface area contributed by atoms with Crippen LogP contribution in [0.4, 0.5) is 10.3 Å². The topological polar surface area (TPSA) is 66.5 Å². The predicted octanol–water partition coefficient (Wildman–Crippen LogP) is 5.00. The molecule has 0 spiro atoms. The molecule has 3 heterocycles. The Morgan fingerprint density at radius 1 is 1.04 bits per heavy atom. The molecule has 3 aromatic heterocycles. The summed E-state index contributed by atoms with van der Waals surface area (Å²) in [6.45, 7) is 0.248. The monoisotopic (exact) mass is 401 g/mol. The minimum absolute atomic E-state index is 0.0962. The van der Waals surface area contributed by atoms with Gasteiger partial charge in [-0.05, 0) is 23.3 Å². The second kappa shape index (κ2) is 7.50. The lowest BCUT2D eigenvalue weighted by atomic mass is 10.1. The number of pyridine rings is 1. The first kappa shape index (κ1) is 17.7. The van der Waals surface area contributed by atoms with Crippen molar-refractivity contribution in [3.8, 4) is 0 Å². The van der Waals surface area contributed by atoms with Crippen LogP contribution in [0.2, 0.25) is 10.0 Å². The third kappa shape index (κ3) is 3.86. The van der Waals surface area contributed by atoms with E-state index in [-0.39, 0.29) is 11.6 Å². The normalized spacial score (nSPS) is 11.1. The second-order valence-corrected chi connectivity index (χ2v) is 6.87. The van der Waals surface area contributed by atoms with Gasteiger partial charge in [0, 0.05) is 48.7 Å². The summed E-state index contributed by atoms with van der Waals surface area (Å²) in [6.07, 6.45) is 7.63. The van der Waals surface area contributed by atoms with Crippen LogP contribution in [0.25, 0.3) is 11.0 Å². The van der Waals surface area contributed by atoms with E-state index in [1.54, 1.807) is 30.7 Å². The van der Waals surface area contributed by atoms with Crippen LogP contribution < -0.4 is 5.32 Å². The van der Waals surface area contributed by atoms with Crippen molar-refractivity contribution in [3.63, 3.8) is 0 Å². The zero-order valence-electron chi connectivity index (χ0n) is 14.0. The fraction of sp³-hybridized carbons (Fsp3) is 0.105. The maximum absolute atomic E-state index is 13.9. The lowest BCUT2D eigenvalue weighted by Gasteiger charge is -2.07. The number of nitrogens with one attached hydrogen (secondary N) is 2. The Morgan fingerprint density at radius 3 is 2.67 bits per heavy atom. The van der Waals surface area contributed by atoms with Crippen LogP contribution in [0.1, 0.15) is 16.7 Å². The molecule has 27 heavy (non-hydrogen) atoms. The Morgan fingerprint density at radius 2 is 1.85 bits per heavy atom. The molecule has 0 aliphatic heterocycles. The number of hydrogen-bond donors (Lipinski definition) is 2. The van der Waals surface area contributed by atoms with Crippen molar-refractivity contribution in [2.24, 2.45) is 0 Å². The van der Waals surface area contributed by atoms with Gasteiger partial charge in [0.25, 0.3) is 0 Å². The van der Waals surface area contributed by atoms with Crippen LogP contribution >= 0.6 is 23.2 Å². The Labute approximate surface area is 164 Å². The van der Waals surface area contributed by atoms with Crippen molar-refractivity contribution < 1.29 is 4.39 Å². The molecule has 0 radical (unpaired) electrons. The molecule has 0 saturated heterocycles. The molecule has 0 unspecified atom stereocenters. The fourth-order valence-corrected chi connectivity index (χ4v) is 3.15. The van der Waals surface area contributed by atoms with E-state index in [9.17, 15) is 4.39 Å². The van der Waals surface area contributed by atoms with Gasteiger partial charge in [-0.2, -0.15) is 0 Å². The van der Waals surface area contributed by atoms with Gasteiger partial charge in [0.2, 0.25) is 5.95 Å². The minimum atomic E-state index is -0.435. The molecular weight excluding hydrogens is 388 g/mol. The number of nitrogens with zero attached hydrogens (tertiary/aromatic N) is 3. The van der Waals surface area contributed by atoms with Crippen LogP contribution in [-0.2, 0) is 13.0 Å². The van der Waals surface area contributed by atoms with Crippen molar-refractivity contribution in [2.45, 2.75) is 13.0 Å². The van der Waals surface area contributed by atoms with E-state index >= 15 is 0 Å².